The first-order chi connectivity index (χ1) is 13.7. The zero-order valence-corrected chi connectivity index (χ0v) is 16.6. The third kappa shape index (κ3) is 5.72. The Hall–Kier alpha value is -2.09. The summed E-state index contributed by atoms with van der Waals surface area (Å²) in [5.74, 6) is -1.79. The quantitative estimate of drug-likeness (QED) is 0.733. The van der Waals surface area contributed by atoms with Gasteiger partial charge in [-0.3, -0.25) is 14.5 Å². The number of likely N-dealkylation sites (tertiary alicyclic amines) is 1. The van der Waals surface area contributed by atoms with Gasteiger partial charge in [-0.25, -0.2) is 0 Å². The molecule has 3 rings (SSSR count). The molecule has 2 heterocycles. The Morgan fingerprint density at radius 3 is 2.59 bits per heavy atom. The van der Waals surface area contributed by atoms with Crippen molar-refractivity contribution in [2.24, 2.45) is 11.8 Å². The molecule has 2 fully saturated rings. The van der Waals surface area contributed by atoms with Gasteiger partial charge in [0.2, 0.25) is 11.8 Å². The molecule has 0 radical (unpaired) electrons. The minimum atomic E-state index is -4.48. The number of carbonyl (C=O) groups is 2. The molecule has 2 amide bonds. The zero-order chi connectivity index (χ0) is 21.0. The van der Waals surface area contributed by atoms with Crippen LogP contribution < -0.4 is 10.6 Å². The largest absolute Gasteiger partial charge is 0.408 e. The molecule has 3 unspecified atom stereocenters. The molecule has 0 aromatic heterocycles. The number of hydrogen-bond donors (Lipinski definition) is 2. The summed E-state index contributed by atoms with van der Waals surface area (Å²) >= 11 is 0. The molecule has 1 aromatic carbocycles. The Morgan fingerprint density at radius 2 is 1.93 bits per heavy atom. The van der Waals surface area contributed by atoms with Gasteiger partial charge in [-0.15, -0.1) is 0 Å². The lowest BCUT2D eigenvalue weighted by atomic mass is 9.92. The van der Waals surface area contributed by atoms with E-state index in [1.165, 1.54) is 12.8 Å². The van der Waals surface area contributed by atoms with Crippen LogP contribution in [0.5, 0.6) is 0 Å². The van der Waals surface area contributed by atoms with Crippen molar-refractivity contribution in [3.8, 4) is 0 Å². The van der Waals surface area contributed by atoms with Crippen LogP contribution in [0.3, 0.4) is 0 Å². The predicted octanol–water partition coefficient (Wildman–Crippen LogP) is 2.99. The van der Waals surface area contributed by atoms with Crippen LogP contribution in [0.25, 0.3) is 0 Å². The number of rotatable bonds is 5. The molecule has 2 aliphatic rings. The summed E-state index contributed by atoms with van der Waals surface area (Å²) in [6.45, 7) is 5.40. The highest BCUT2D eigenvalue weighted by Crippen LogP contribution is 2.28. The number of nitrogens with zero attached hydrogens (tertiary/aromatic N) is 1. The first-order valence-corrected chi connectivity index (χ1v) is 10.2. The molecular weight excluding hydrogens is 383 g/mol. The van der Waals surface area contributed by atoms with E-state index in [0.29, 0.717) is 5.92 Å². The molecule has 2 saturated heterocycles. The number of amides is 2. The van der Waals surface area contributed by atoms with E-state index in [1.54, 1.807) is 0 Å². The minimum Gasteiger partial charge on any atom is -0.351 e. The van der Waals surface area contributed by atoms with E-state index in [4.69, 9.17) is 0 Å². The zero-order valence-electron chi connectivity index (χ0n) is 16.6. The summed E-state index contributed by atoms with van der Waals surface area (Å²) in [6.07, 6.45) is -2.45. The second-order valence-corrected chi connectivity index (χ2v) is 8.20. The van der Waals surface area contributed by atoms with E-state index < -0.39 is 30.0 Å². The highest BCUT2D eigenvalue weighted by Gasteiger charge is 2.45. The summed E-state index contributed by atoms with van der Waals surface area (Å²) in [6, 6.07) is 5.95. The van der Waals surface area contributed by atoms with Crippen LogP contribution in [0.1, 0.15) is 43.7 Å². The van der Waals surface area contributed by atoms with Gasteiger partial charge in [-0.2, -0.15) is 13.2 Å². The average Bonchev–Trinajstić information content (AvgIpc) is 2.66. The normalized spacial score (nSPS) is 26.1. The third-order valence-corrected chi connectivity index (χ3v) is 5.80. The Balaban J connectivity index is 1.56. The molecule has 0 spiro atoms. The van der Waals surface area contributed by atoms with E-state index in [2.05, 4.69) is 17.1 Å². The van der Waals surface area contributed by atoms with E-state index in [0.717, 1.165) is 30.8 Å². The molecule has 160 valence electrons. The van der Waals surface area contributed by atoms with Crippen molar-refractivity contribution in [2.45, 2.75) is 57.9 Å². The van der Waals surface area contributed by atoms with Crippen LogP contribution >= 0.6 is 0 Å². The van der Waals surface area contributed by atoms with Crippen LogP contribution in [0.4, 0.5) is 13.2 Å². The molecule has 5 nitrogen and oxygen atoms in total. The summed E-state index contributed by atoms with van der Waals surface area (Å²) < 4.78 is 38.3. The van der Waals surface area contributed by atoms with Gasteiger partial charge in [0, 0.05) is 19.6 Å². The first kappa shape index (κ1) is 21.6. The fraction of sp³-hybridized carbons (Fsp3) is 0.619. The van der Waals surface area contributed by atoms with Gasteiger partial charge in [0.1, 0.15) is 12.0 Å². The SMILES string of the molecule is CC1CCCN(Cc2ccccc2CNC(=O)C2CCC(C(F)(F)F)NC2=O)C1. The van der Waals surface area contributed by atoms with E-state index >= 15 is 0 Å². The minimum absolute atomic E-state index is 0.102. The molecule has 0 aliphatic carbocycles. The highest BCUT2D eigenvalue weighted by molar-refractivity contribution is 6.00. The molecule has 2 N–H and O–H groups in total. The Kier molecular flexibility index (Phi) is 6.82. The number of carbonyl (C=O) groups excluding carboxylic acids is 2. The Bertz CT molecular complexity index is 738. The number of alkyl halides is 3. The van der Waals surface area contributed by atoms with Crippen molar-refractivity contribution in [2.75, 3.05) is 13.1 Å². The standard InChI is InChI=1S/C21H28F3N3O2/c1-14-5-4-10-27(12-14)13-16-7-3-2-6-15(16)11-25-19(28)17-8-9-18(21(22,23)24)26-20(17)29/h2-3,6-7,14,17-18H,4-5,8-13H2,1H3,(H,25,28)(H,26,29). The van der Waals surface area contributed by atoms with Gasteiger partial charge in [0.05, 0.1) is 0 Å². The predicted molar refractivity (Wildman–Crippen MR) is 103 cm³/mol. The molecule has 3 atom stereocenters. The molecule has 0 saturated carbocycles. The van der Waals surface area contributed by atoms with Crippen LogP contribution in [0, 0.1) is 11.8 Å². The number of nitrogens with one attached hydrogen (secondary N) is 2. The Morgan fingerprint density at radius 1 is 1.21 bits per heavy atom. The Labute approximate surface area is 169 Å². The maximum atomic E-state index is 12.8. The topological polar surface area (TPSA) is 61.4 Å². The van der Waals surface area contributed by atoms with Gasteiger partial charge < -0.3 is 10.6 Å². The van der Waals surface area contributed by atoms with E-state index in [9.17, 15) is 22.8 Å². The fourth-order valence-corrected chi connectivity index (χ4v) is 4.17. The first-order valence-electron chi connectivity index (χ1n) is 10.2. The lowest BCUT2D eigenvalue weighted by Gasteiger charge is -2.31. The van der Waals surface area contributed by atoms with E-state index in [1.807, 2.05) is 29.6 Å². The van der Waals surface area contributed by atoms with Crippen LogP contribution in [0.15, 0.2) is 24.3 Å². The van der Waals surface area contributed by atoms with Crippen LogP contribution in [-0.4, -0.2) is 42.0 Å². The number of hydrogen-bond acceptors (Lipinski definition) is 3. The number of halogens is 3. The molecular formula is C21H28F3N3O2. The lowest BCUT2D eigenvalue weighted by molar-refractivity contribution is -0.171. The average molecular weight is 411 g/mol. The highest BCUT2D eigenvalue weighted by atomic mass is 19.4. The summed E-state index contributed by atoms with van der Waals surface area (Å²) in [7, 11) is 0. The summed E-state index contributed by atoms with van der Waals surface area (Å²) in [4.78, 5) is 26.8. The lowest BCUT2D eigenvalue weighted by Crippen LogP contribution is -2.54. The maximum absolute atomic E-state index is 12.8. The molecule has 29 heavy (non-hydrogen) atoms. The van der Waals surface area contributed by atoms with Crippen molar-refractivity contribution in [3.63, 3.8) is 0 Å². The van der Waals surface area contributed by atoms with Crippen LogP contribution in [-0.2, 0) is 22.7 Å². The monoisotopic (exact) mass is 411 g/mol. The number of benzene rings is 1. The van der Waals surface area contributed by atoms with Gasteiger partial charge in [-0.1, -0.05) is 31.2 Å². The molecule has 1 aromatic rings. The van der Waals surface area contributed by atoms with Crippen LogP contribution in [0.2, 0.25) is 0 Å². The smallest absolute Gasteiger partial charge is 0.351 e. The summed E-state index contributed by atoms with van der Waals surface area (Å²) in [5.41, 5.74) is 2.08. The third-order valence-electron chi connectivity index (χ3n) is 5.80. The van der Waals surface area contributed by atoms with Crippen molar-refractivity contribution in [3.05, 3.63) is 35.4 Å². The second kappa shape index (κ2) is 9.15. The fourth-order valence-electron chi connectivity index (χ4n) is 4.17. The summed E-state index contributed by atoms with van der Waals surface area (Å²) in [5, 5.41) is 4.66. The van der Waals surface area contributed by atoms with Crippen molar-refractivity contribution in [1.82, 2.24) is 15.5 Å². The molecule has 8 heteroatoms. The second-order valence-electron chi connectivity index (χ2n) is 8.20. The van der Waals surface area contributed by atoms with E-state index in [-0.39, 0.29) is 19.4 Å². The van der Waals surface area contributed by atoms with Gasteiger partial charge >= 0.3 is 6.18 Å². The van der Waals surface area contributed by atoms with Crippen molar-refractivity contribution in [1.29, 1.82) is 0 Å². The maximum Gasteiger partial charge on any atom is 0.408 e. The van der Waals surface area contributed by atoms with Gasteiger partial charge in [-0.05, 0) is 49.3 Å². The number of piperidine rings is 2. The van der Waals surface area contributed by atoms with Crippen molar-refractivity contribution >= 4 is 11.8 Å². The van der Waals surface area contributed by atoms with Crippen molar-refractivity contribution < 1.29 is 22.8 Å². The molecule has 2 aliphatic heterocycles. The molecule has 0 bridgehead atoms. The van der Waals surface area contributed by atoms with Gasteiger partial charge in [0.25, 0.3) is 0 Å². The van der Waals surface area contributed by atoms with Gasteiger partial charge in [0.15, 0.2) is 0 Å².